The van der Waals surface area contributed by atoms with Gasteiger partial charge in [-0.15, -0.1) is 0 Å². The second-order valence-corrected chi connectivity index (χ2v) is 5.10. The molecule has 0 atom stereocenters. The zero-order chi connectivity index (χ0) is 15.0. The van der Waals surface area contributed by atoms with Gasteiger partial charge in [0.05, 0.1) is 17.1 Å². The molecular formula is C16H16FN3O. The number of nitrogens with zero attached hydrogens (tertiary/aromatic N) is 2. The molecule has 0 saturated carbocycles. The average molecular weight is 285 g/mol. The normalized spacial score (nSPS) is 14.0. The molecule has 1 aliphatic heterocycles. The Morgan fingerprint density at radius 2 is 1.86 bits per heavy atom. The Labute approximate surface area is 122 Å². The number of carbonyl (C=O) groups excluding carboxylic acids is 1. The van der Waals surface area contributed by atoms with Crippen molar-refractivity contribution in [2.75, 3.05) is 35.7 Å². The first-order valence-corrected chi connectivity index (χ1v) is 6.75. The Morgan fingerprint density at radius 1 is 1.14 bits per heavy atom. The molecule has 4 nitrogen and oxygen atoms in total. The third kappa shape index (κ3) is 2.31. The van der Waals surface area contributed by atoms with Crippen LogP contribution in [0.15, 0.2) is 42.5 Å². The van der Waals surface area contributed by atoms with E-state index in [1.807, 2.05) is 31.3 Å². The number of amides is 1. The fraction of sp³-hybridized carbons (Fsp3) is 0.188. The lowest BCUT2D eigenvalue weighted by molar-refractivity contribution is 0.0986. The zero-order valence-electron chi connectivity index (χ0n) is 11.7. The molecule has 0 aliphatic carbocycles. The molecule has 0 bridgehead atoms. The van der Waals surface area contributed by atoms with Gasteiger partial charge in [-0.1, -0.05) is 12.1 Å². The van der Waals surface area contributed by atoms with E-state index in [1.165, 1.54) is 12.1 Å². The topological polar surface area (TPSA) is 49.6 Å². The Bertz CT molecular complexity index is 702. The second-order valence-electron chi connectivity index (χ2n) is 5.10. The van der Waals surface area contributed by atoms with Crippen LogP contribution >= 0.6 is 0 Å². The van der Waals surface area contributed by atoms with Crippen LogP contribution in [0.2, 0.25) is 0 Å². The van der Waals surface area contributed by atoms with E-state index in [9.17, 15) is 9.18 Å². The van der Waals surface area contributed by atoms with Gasteiger partial charge in [0.2, 0.25) is 0 Å². The summed E-state index contributed by atoms with van der Waals surface area (Å²) in [5, 5.41) is 0. The number of hydrogen-bond acceptors (Lipinski definition) is 3. The molecule has 1 heterocycles. The number of hydrogen-bond donors (Lipinski definition) is 1. The van der Waals surface area contributed by atoms with Gasteiger partial charge in [0.1, 0.15) is 5.82 Å². The van der Waals surface area contributed by atoms with Gasteiger partial charge in [-0.05, 0) is 30.3 Å². The van der Waals surface area contributed by atoms with Crippen molar-refractivity contribution in [1.82, 2.24) is 0 Å². The van der Waals surface area contributed by atoms with Crippen molar-refractivity contribution >= 4 is 23.0 Å². The SMILES string of the molecule is CN1CCN(C(=O)c2ccc(N)c(F)c2)c2ccccc21. The summed E-state index contributed by atoms with van der Waals surface area (Å²) >= 11 is 0. The van der Waals surface area contributed by atoms with E-state index in [0.717, 1.165) is 17.9 Å². The predicted molar refractivity (Wildman–Crippen MR) is 82.2 cm³/mol. The summed E-state index contributed by atoms with van der Waals surface area (Å²) < 4.78 is 13.6. The van der Waals surface area contributed by atoms with Crippen molar-refractivity contribution in [3.63, 3.8) is 0 Å². The lowest BCUT2D eigenvalue weighted by atomic mass is 10.1. The van der Waals surface area contributed by atoms with Crippen LogP contribution < -0.4 is 15.5 Å². The summed E-state index contributed by atoms with van der Waals surface area (Å²) in [5.74, 6) is -0.780. The van der Waals surface area contributed by atoms with Crippen LogP contribution in [-0.4, -0.2) is 26.0 Å². The predicted octanol–water partition coefficient (Wildman–Crippen LogP) is 2.50. The van der Waals surface area contributed by atoms with Crippen LogP contribution in [0.4, 0.5) is 21.5 Å². The largest absolute Gasteiger partial charge is 0.396 e. The minimum absolute atomic E-state index is 0.0466. The molecule has 0 fully saturated rings. The van der Waals surface area contributed by atoms with Crippen molar-refractivity contribution in [2.24, 2.45) is 0 Å². The lowest BCUT2D eigenvalue weighted by Crippen LogP contribution is -2.42. The van der Waals surface area contributed by atoms with E-state index < -0.39 is 5.82 Å². The fourth-order valence-corrected chi connectivity index (χ4v) is 2.53. The molecule has 2 N–H and O–H groups in total. The third-order valence-corrected chi connectivity index (χ3v) is 3.74. The molecule has 0 unspecified atom stereocenters. The quantitative estimate of drug-likeness (QED) is 0.819. The van der Waals surface area contributed by atoms with E-state index in [-0.39, 0.29) is 11.6 Å². The lowest BCUT2D eigenvalue weighted by Gasteiger charge is -2.35. The van der Waals surface area contributed by atoms with Crippen LogP contribution in [0.1, 0.15) is 10.4 Å². The molecule has 108 valence electrons. The van der Waals surface area contributed by atoms with Crippen molar-refractivity contribution < 1.29 is 9.18 Å². The van der Waals surface area contributed by atoms with Crippen LogP contribution in [0.25, 0.3) is 0 Å². The molecular weight excluding hydrogens is 269 g/mol. The third-order valence-electron chi connectivity index (χ3n) is 3.74. The number of nitrogens with two attached hydrogens (primary N) is 1. The number of likely N-dealkylation sites (N-methyl/N-ethyl adjacent to an activating group) is 1. The van der Waals surface area contributed by atoms with Crippen molar-refractivity contribution in [2.45, 2.75) is 0 Å². The molecule has 1 amide bonds. The molecule has 2 aromatic rings. The van der Waals surface area contributed by atoms with Crippen LogP contribution in [0.3, 0.4) is 0 Å². The van der Waals surface area contributed by atoms with Gasteiger partial charge in [0, 0.05) is 25.7 Å². The summed E-state index contributed by atoms with van der Waals surface area (Å²) in [6.45, 7) is 1.30. The standard InChI is InChI=1S/C16H16FN3O/c1-19-8-9-20(15-5-3-2-4-14(15)19)16(21)11-6-7-13(18)12(17)10-11/h2-7,10H,8-9,18H2,1H3. The number of halogens is 1. The first-order chi connectivity index (χ1) is 10.1. The summed E-state index contributed by atoms with van der Waals surface area (Å²) in [7, 11) is 1.99. The second kappa shape index (κ2) is 5.09. The molecule has 0 radical (unpaired) electrons. The average Bonchev–Trinajstić information content (AvgIpc) is 2.50. The smallest absolute Gasteiger partial charge is 0.258 e. The molecule has 3 rings (SSSR count). The van der Waals surface area contributed by atoms with Crippen LogP contribution in [-0.2, 0) is 0 Å². The van der Waals surface area contributed by atoms with Gasteiger partial charge in [-0.25, -0.2) is 4.39 Å². The van der Waals surface area contributed by atoms with Gasteiger partial charge in [0.25, 0.3) is 5.91 Å². The van der Waals surface area contributed by atoms with Gasteiger partial charge >= 0.3 is 0 Å². The molecule has 2 aromatic carbocycles. The maximum atomic E-state index is 13.6. The molecule has 1 aliphatic rings. The highest BCUT2D eigenvalue weighted by molar-refractivity contribution is 6.08. The summed E-state index contributed by atoms with van der Waals surface area (Å²) in [5.41, 5.74) is 7.64. The fourth-order valence-electron chi connectivity index (χ4n) is 2.53. The van der Waals surface area contributed by atoms with Crippen LogP contribution in [0, 0.1) is 5.82 Å². The highest BCUT2D eigenvalue weighted by Gasteiger charge is 2.25. The van der Waals surface area contributed by atoms with E-state index in [1.54, 1.807) is 11.0 Å². The highest BCUT2D eigenvalue weighted by Crippen LogP contribution is 2.32. The van der Waals surface area contributed by atoms with E-state index in [2.05, 4.69) is 4.90 Å². The monoisotopic (exact) mass is 285 g/mol. The minimum Gasteiger partial charge on any atom is -0.396 e. The number of nitrogen functional groups attached to an aromatic ring is 1. The minimum atomic E-state index is -0.566. The number of rotatable bonds is 1. The summed E-state index contributed by atoms with van der Waals surface area (Å²) in [4.78, 5) is 16.4. The molecule has 0 aromatic heterocycles. The highest BCUT2D eigenvalue weighted by atomic mass is 19.1. The molecule has 0 spiro atoms. The Hall–Kier alpha value is -2.56. The van der Waals surface area contributed by atoms with Gasteiger partial charge in [-0.2, -0.15) is 0 Å². The van der Waals surface area contributed by atoms with Gasteiger partial charge in [-0.3, -0.25) is 4.79 Å². The number of para-hydroxylation sites is 2. The zero-order valence-corrected chi connectivity index (χ0v) is 11.7. The van der Waals surface area contributed by atoms with Crippen molar-refractivity contribution in [3.8, 4) is 0 Å². The van der Waals surface area contributed by atoms with Gasteiger partial charge < -0.3 is 15.5 Å². The first kappa shape index (κ1) is 13.4. The molecule has 0 saturated heterocycles. The van der Waals surface area contributed by atoms with E-state index in [0.29, 0.717) is 12.1 Å². The van der Waals surface area contributed by atoms with Gasteiger partial charge in [0.15, 0.2) is 0 Å². The number of carbonyl (C=O) groups is 1. The van der Waals surface area contributed by atoms with E-state index >= 15 is 0 Å². The summed E-state index contributed by atoms with van der Waals surface area (Å²) in [6.07, 6.45) is 0. The Morgan fingerprint density at radius 3 is 2.57 bits per heavy atom. The maximum absolute atomic E-state index is 13.6. The number of benzene rings is 2. The first-order valence-electron chi connectivity index (χ1n) is 6.75. The Balaban J connectivity index is 1.99. The Kier molecular flexibility index (Phi) is 3.25. The van der Waals surface area contributed by atoms with Crippen molar-refractivity contribution in [3.05, 3.63) is 53.8 Å². The maximum Gasteiger partial charge on any atom is 0.258 e. The number of fused-ring (bicyclic) bond motifs is 1. The van der Waals surface area contributed by atoms with Crippen LogP contribution in [0.5, 0.6) is 0 Å². The number of anilines is 3. The molecule has 21 heavy (non-hydrogen) atoms. The molecule has 5 heteroatoms. The van der Waals surface area contributed by atoms with Crippen molar-refractivity contribution in [1.29, 1.82) is 0 Å². The van der Waals surface area contributed by atoms with E-state index in [4.69, 9.17) is 5.73 Å². The summed E-state index contributed by atoms with van der Waals surface area (Å²) in [6, 6.07) is 11.9.